The molecule has 0 unspecified atom stereocenters. The van der Waals surface area contributed by atoms with Gasteiger partial charge < -0.3 is 10.2 Å². The zero-order valence-electron chi connectivity index (χ0n) is 12.7. The molecule has 0 saturated carbocycles. The quantitative estimate of drug-likeness (QED) is 0.898. The monoisotopic (exact) mass is 320 g/mol. The fourth-order valence-electron chi connectivity index (χ4n) is 2.76. The number of benzene rings is 2. The molecule has 2 aromatic carbocycles. The van der Waals surface area contributed by atoms with E-state index in [4.69, 9.17) is 0 Å². The Morgan fingerprint density at radius 3 is 2.35 bits per heavy atom. The van der Waals surface area contributed by atoms with Crippen LogP contribution in [0.1, 0.15) is 11.1 Å². The first kappa shape index (κ1) is 15.9. The average Bonchev–Trinajstić information content (AvgIpc) is 2.50. The van der Waals surface area contributed by atoms with Gasteiger partial charge in [0.25, 0.3) is 0 Å². The molecule has 1 heterocycles. The zero-order valence-corrected chi connectivity index (χ0v) is 12.7. The number of para-hydroxylation sites is 1. The Morgan fingerprint density at radius 1 is 1.00 bits per heavy atom. The van der Waals surface area contributed by atoms with Crippen molar-refractivity contribution in [1.29, 1.82) is 0 Å². The third-order valence-electron chi connectivity index (χ3n) is 4.09. The van der Waals surface area contributed by atoms with Crippen LogP contribution in [0.25, 0.3) is 0 Å². The molecule has 23 heavy (non-hydrogen) atoms. The second-order valence-electron chi connectivity index (χ2n) is 5.94. The Kier molecular flexibility index (Phi) is 4.57. The Labute approximate surface area is 133 Å². The minimum atomic E-state index is -4.30. The highest BCUT2D eigenvalue weighted by molar-refractivity contribution is 5.47. The molecule has 3 rings (SSSR count). The number of nitrogens with zero attached hydrogens (tertiary/aromatic N) is 1. The van der Waals surface area contributed by atoms with Gasteiger partial charge in [-0.15, -0.1) is 0 Å². The number of alkyl halides is 3. The van der Waals surface area contributed by atoms with E-state index in [0.29, 0.717) is 18.0 Å². The lowest BCUT2D eigenvalue weighted by atomic mass is 10.0. The van der Waals surface area contributed by atoms with Crippen LogP contribution >= 0.6 is 0 Å². The van der Waals surface area contributed by atoms with Crippen molar-refractivity contribution < 1.29 is 13.2 Å². The van der Waals surface area contributed by atoms with E-state index in [-0.39, 0.29) is 0 Å². The van der Waals surface area contributed by atoms with Crippen LogP contribution in [0.2, 0.25) is 0 Å². The molecule has 2 aromatic rings. The van der Waals surface area contributed by atoms with E-state index in [1.54, 1.807) is 6.07 Å². The molecule has 122 valence electrons. The topological polar surface area (TPSA) is 15.3 Å². The normalized spacial score (nSPS) is 15.3. The molecule has 0 radical (unpaired) electrons. The minimum absolute atomic E-state index is 0.477. The summed E-state index contributed by atoms with van der Waals surface area (Å²) in [5, 5.41) is 3.24. The molecule has 0 amide bonds. The third-order valence-corrected chi connectivity index (χ3v) is 4.09. The van der Waals surface area contributed by atoms with Gasteiger partial charge >= 0.3 is 6.18 Å². The zero-order chi connectivity index (χ0) is 16.3. The Morgan fingerprint density at radius 2 is 1.74 bits per heavy atom. The van der Waals surface area contributed by atoms with Crippen molar-refractivity contribution >= 4 is 5.69 Å². The molecular formula is C18H19F3N2. The first-order valence-electron chi connectivity index (χ1n) is 7.69. The first-order chi connectivity index (χ1) is 11.0. The fraction of sp³-hybridized carbons (Fsp3) is 0.333. The maximum Gasteiger partial charge on any atom is 0.416 e. The molecule has 1 aliphatic rings. The van der Waals surface area contributed by atoms with E-state index in [1.165, 1.54) is 12.1 Å². The summed E-state index contributed by atoms with van der Waals surface area (Å²) in [5.41, 5.74) is 1.13. The smallest absolute Gasteiger partial charge is 0.367 e. The van der Waals surface area contributed by atoms with Gasteiger partial charge in [-0.05, 0) is 29.8 Å². The highest BCUT2D eigenvalue weighted by Crippen LogP contribution is 2.30. The molecule has 0 bridgehead atoms. The lowest BCUT2D eigenvalue weighted by Gasteiger charge is -2.34. The van der Waals surface area contributed by atoms with Crippen molar-refractivity contribution in [2.75, 3.05) is 24.5 Å². The SMILES string of the molecule is FC(F)(F)c1cccc(CN(CC2CNC2)c2ccccc2)c1. The number of rotatable bonds is 5. The van der Waals surface area contributed by atoms with E-state index in [2.05, 4.69) is 10.2 Å². The molecule has 1 saturated heterocycles. The standard InChI is InChI=1S/C18H19F3N2/c19-18(20,21)16-6-4-5-14(9-16)12-23(13-15-10-22-11-15)17-7-2-1-3-8-17/h1-9,15,22H,10-13H2. The van der Waals surface area contributed by atoms with Gasteiger partial charge in [0, 0.05) is 37.8 Å². The van der Waals surface area contributed by atoms with E-state index in [1.807, 2.05) is 30.3 Å². The Hall–Kier alpha value is -2.01. The summed E-state index contributed by atoms with van der Waals surface area (Å²) in [5.74, 6) is 0.543. The molecule has 1 aliphatic heterocycles. The average molecular weight is 320 g/mol. The predicted molar refractivity (Wildman–Crippen MR) is 85.3 cm³/mol. The summed E-state index contributed by atoms with van der Waals surface area (Å²) in [6, 6.07) is 15.4. The largest absolute Gasteiger partial charge is 0.416 e. The highest BCUT2D eigenvalue weighted by Gasteiger charge is 2.30. The van der Waals surface area contributed by atoms with Crippen LogP contribution < -0.4 is 10.2 Å². The van der Waals surface area contributed by atoms with E-state index in [0.717, 1.165) is 31.4 Å². The Bertz CT molecular complexity index is 636. The molecule has 2 nitrogen and oxygen atoms in total. The lowest BCUT2D eigenvalue weighted by Crippen LogP contribution is -2.48. The fourth-order valence-corrected chi connectivity index (χ4v) is 2.76. The van der Waals surface area contributed by atoms with Crippen LogP contribution in [0.5, 0.6) is 0 Å². The van der Waals surface area contributed by atoms with Gasteiger partial charge in [-0.2, -0.15) is 13.2 Å². The molecule has 0 atom stereocenters. The molecule has 5 heteroatoms. The van der Waals surface area contributed by atoms with Crippen LogP contribution in [-0.2, 0) is 12.7 Å². The maximum atomic E-state index is 12.9. The molecule has 0 aromatic heterocycles. The number of nitrogens with one attached hydrogen (secondary N) is 1. The summed E-state index contributed by atoms with van der Waals surface area (Å²) in [6.45, 7) is 3.25. The van der Waals surface area contributed by atoms with Gasteiger partial charge in [0.2, 0.25) is 0 Å². The molecule has 0 aliphatic carbocycles. The lowest BCUT2D eigenvalue weighted by molar-refractivity contribution is -0.137. The van der Waals surface area contributed by atoms with Crippen molar-refractivity contribution in [1.82, 2.24) is 5.32 Å². The van der Waals surface area contributed by atoms with Crippen LogP contribution in [0.4, 0.5) is 18.9 Å². The van der Waals surface area contributed by atoms with Crippen molar-refractivity contribution in [3.63, 3.8) is 0 Å². The van der Waals surface area contributed by atoms with Crippen LogP contribution in [0.15, 0.2) is 54.6 Å². The number of hydrogen-bond acceptors (Lipinski definition) is 2. The van der Waals surface area contributed by atoms with Gasteiger partial charge in [-0.3, -0.25) is 0 Å². The second-order valence-corrected chi connectivity index (χ2v) is 5.94. The molecular weight excluding hydrogens is 301 g/mol. The summed E-state index contributed by atoms with van der Waals surface area (Å²) >= 11 is 0. The maximum absolute atomic E-state index is 12.9. The van der Waals surface area contributed by atoms with E-state index >= 15 is 0 Å². The van der Waals surface area contributed by atoms with E-state index in [9.17, 15) is 13.2 Å². The van der Waals surface area contributed by atoms with Gasteiger partial charge in [0.15, 0.2) is 0 Å². The third kappa shape index (κ3) is 4.05. The molecule has 1 fully saturated rings. The Balaban J connectivity index is 1.80. The molecule has 0 spiro atoms. The van der Waals surface area contributed by atoms with Gasteiger partial charge in [-0.1, -0.05) is 30.3 Å². The second kappa shape index (κ2) is 6.62. The highest BCUT2D eigenvalue weighted by atomic mass is 19.4. The van der Waals surface area contributed by atoms with Gasteiger partial charge in [-0.25, -0.2) is 0 Å². The van der Waals surface area contributed by atoms with Crippen molar-refractivity contribution in [2.45, 2.75) is 12.7 Å². The summed E-state index contributed by atoms with van der Waals surface area (Å²) < 4.78 is 38.6. The van der Waals surface area contributed by atoms with Crippen molar-refractivity contribution in [2.24, 2.45) is 5.92 Å². The van der Waals surface area contributed by atoms with Crippen molar-refractivity contribution in [3.8, 4) is 0 Å². The summed E-state index contributed by atoms with van der Waals surface area (Å²) in [7, 11) is 0. The van der Waals surface area contributed by atoms with E-state index < -0.39 is 11.7 Å². The number of anilines is 1. The number of halogens is 3. The summed E-state index contributed by atoms with van der Waals surface area (Å²) in [6.07, 6.45) is -4.30. The van der Waals surface area contributed by atoms with Gasteiger partial charge in [0.1, 0.15) is 0 Å². The minimum Gasteiger partial charge on any atom is -0.367 e. The molecule has 1 N–H and O–H groups in total. The van der Waals surface area contributed by atoms with Crippen LogP contribution in [0, 0.1) is 5.92 Å². The predicted octanol–water partition coefficient (Wildman–Crippen LogP) is 3.93. The first-order valence-corrected chi connectivity index (χ1v) is 7.69. The van der Waals surface area contributed by atoms with Gasteiger partial charge in [0.05, 0.1) is 5.56 Å². The summed E-state index contributed by atoms with van der Waals surface area (Å²) in [4.78, 5) is 2.15. The number of hydrogen-bond donors (Lipinski definition) is 1. The van der Waals surface area contributed by atoms with Crippen LogP contribution in [0.3, 0.4) is 0 Å². The van der Waals surface area contributed by atoms with Crippen LogP contribution in [-0.4, -0.2) is 19.6 Å². The van der Waals surface area contributed by atoms with Crippen molar-refractivity contribution in [3.05, 3.63) is 65.7 Å².